The third kappa shape index (κ3) is 3.84. The van der Waals surface area contributed by atoms with E-state index in [0.717, 1.165) is 0 Å². The van der Waals surface area contributed by atoms with E-state index in [1.165, 1.54) is 5.56 Å². The molecule has 0 N–H and O–H groups in total. The maximum Gasteiger partial charge on any atom is 0.200 e. The molecule has 2 aromatic rings. The molecule has 2 rings (SSSR count). The van der Waals surface area contributed by atoms with Gasteiger partial charge < -0.3 is 4.74 Å². The monoisotopic (exact) mass is 288 g/mol. The zero-order valence-corrected chi connectivity index (χ0v) is 12.4. The quantitative estimate of drug-likeness (QED) is 0.744. The van der Waals surface area contributed by atoms with Gasteiger partial charge in [-0.2, -0.15) is 0 Å². The number of hydrogen-bond acceptors (Lipinski definition) is 2. The molecule has 0 aliphatic rings. The highest BCUT2D eigenvalue weighted by molar-refractivity contribution is 6.30. The topological polar surface area (TPSA) is 26.3 Å². The average molecular weight is 289 g/mol. The molecule has 0 atom stereocenters. The second kappa shape index (κ2) is 6.58. The number of halogens is 1. The maximum absolute atomic E-state index is 12.0. The molecule has 0 unspecified atom stereocenters. The molecule has 0 bridgehead atoms. The first-order chi connectivity index (χ1) is 9.56. The predicted octanol–water partition coefficient (Wildman–Crippen LogP) is 4.73. The molecule has 20 heavy (non-hydrogen) atoms. The van der Waals surface area contributed by atoms with Crippen molar-refractivity contribution in [1.82, 2.24) is 0 Å². The predicted molar refractivity (Wildman–Crippen MR) is 81.8 cm³/mol. The van der Waals surface area contributed by atoms with Crippen LogP contribution in [0.4, 0.5) is 0 Å². The lowest BCUT2D eigenvalue weighted by atomic mass is 10.0. The molecular formula is C17H17ClO2. The highest BCUT2D eigenvalue weighted by Crippen LogP contribution is 2.18. The fourth-order valence-corrected chi connectivity index (χ4v) is 2.02. The van der Waals surface area contributed by atoms with Gasteiger partial charge >= 0.3 is 0 Å². The zero-order valence-electron chi connectivity index (χ0n) is 11.6. The first-order valence-corrected chi connectivity index (χ1v) is 6.95. The summed E-state index contributed by atoms with van der Waals surface area (Å²) in [6.45, 7) is 4.26. The Bertz CT molecular complexity index is 588. The van der Waals surface area contributed by atoms with Crippen LogP contribution in [0.15, 0.2) is 48.5 Å². The normalized spacial score (nSPS) is 10.6. The zero-order chi connectivity index (χ0) is 14.5. The largest absolute Gasteiger partial charge is 0.485 e. The molecule has 0 heterocycles. The molecule has 104 valence electrons. The van der Waals surface area contributed by atoms with Crippen molar-refractivity contribution in [3.8, 4) is 5.75 Å². The number of carbonyl (C=O) groups is 1. The van der Waals surface area contributed by atoms with E-state index in [0.29, 0.717) is 22.3 Å². The minimum Gasteiger partial charge on any atom is -0.485 e. The lowest BCUT2D eigenvalue weighted by Gasteiger charge is -2.08. The van der Waals surface area contributed by atoms with Crippen LogP contribution in [0.25, 0.3) is 0 Å². The summed E-state index contributed by atoms with van der Waals surface area (Å²) in [7, 11) is 0. The second-order valence-corrected chi connectivity index (χ2v) is 5.38. The highest BCUT2D eigenvalue weighted by atomic mass is 35.5. The molecule has 0 aliphatic carbocycles. The minimum absolute atomic E-state index is 0.0152. The number of ether oxygens (including phenoxy) is 1. The van der Waals surface area contributed by atoms with Gasteiger partial charge in [0.2, 0.25) is 0 Å². The van der Waals surface area contributed by atoms with E-state index in [-0.39, 0.29) is 12.4 Å². The molecule has 0 aromatic heterocycles. The number of ketones is 1. The summed E-state index contributed by atoms with van der Waals surface area (Å²) < 4.78 is 5.45. The summed E-state index contributed by atoms with van der Waals surface area (Å²) in [6.07, 6.45) is 0. The van der Waals surface area contributed by atoms with E-state index >= 15 is 0 Å². The molecule has 3 heteroatoms. The van der Waals surface area contributed by atoms with Gasteiger partial charge in [0, 0.05) is 10.6 Å². The van der Waals surface area contributed by atoms with E-state index < -0.39 is 0 Å². The smallest absolute Gasteiger partial charge is 0.200 e. The third-order valence-corrected chi connectivity index (χ3v) is 3.30. The van der Waals surface area contributed by atoms with Gasteiger partial charge in [0.1, 0.15) is 5.75 Å². The summed E-state index contributed by atoms with van der Waals surface area (Å²) >= 11 is 5.86. The van der Waals surface area contributed by atoms with Crippen LogP contribution in [0.5, 0.6) is 5.75 Å². The lowest BCUT2D eigenvalue weighted by Crippen LogP contribution is -2.11. The Hall–Kier alpha value is -1.80. The van der Waals surface area contributed by atoms with Crippen LogP contribution < -0.4 is 4.74 Å². The van der Waals surface area contributed by atoms with Crippen molar-refractivity contribution >= 4 is 17.4 Å². The van der Waals surface area contributed by atoms with Crippen molar-refractivity contribution in [2.24, 2.45) is 0 Å². The van der Waals surface area contributed by atoms with Gasteiger partial charge in [-0.05, 0) is 29.7 Å². The average Bonchev–Trinajstić information content (AvgIpc) is 2.45. The standard InChI is InChI=1S/C17H17ClO2/c1-12(2)13-6-8-14(9-7-13)17(19)11-20-16-5-3-4-15(18)10-16/h3-10,12H,11H2,1-2H3. The summed E-state index contributed by atoms with van der Waals surface area (Å²) in [5.74, 6) is 1.02. The SMILES string of the molecule is CC(C)c1ccc(C(=O)COc2cccc(Cl)c2)cc1. The fraction of sp³-hybridized carbons (Fsp3) is 0.235. The van der Waals surface area contributed by atoms with Crippen molar-refractivity contribution in [2.75, 3.05) is 6.61 Å². The van der Waals surface area contributed by atoms with Crippen molar-refractivity contribution in [1.29, 1.82) is 0 Å². The Labute approximate surface area is 124 Å². The number of carbonyl (C=O) groups excluding carboxylic acids is 1. The van der Waals surface area contributed by atoms with Crippen molar-refractivity contribution in [2.45, 2.75) is 19.8 Å². The van der Waals surface area contributed by atoms with Crippen LogP contribution in [0.2, 0.25) is 5.02 Å². The Kier molecular flexibility index (Phi) is 4.80. The van der Waals surface area contributed by atoms with Gasteiger partial charge in [0.15, 0.2) is 12.4 Å². The third-order valence-electron chi connectivity index (χ3n) is 3.07. The number of Topliss-reactive ketones (excluding diaryl/α,β-unsaturated/α-hetero) is 1. The molecule has 2 aromatic carbocycles. The number of hydrogen-bond donors (Lipinski definition) is 0. The van der Waals surface area contributed by atoms with Gasteiger partial charge in [-0.15, -0.1) is 0 Å². The Morgan fingerprint density at radius 2 is 1.85 bits per heavy atom. The van der Waals surface area contributed by atoms with E-state index in [1.807, 2.05) is 24.3 Å². The van der Waals surface area contributed by atoms with Gasteiger partial charge in [-0.25, -0.2) is 0 Å². The molecule has 0 radical (unpaired) electrons. The van der Waals surface area contributed by atoms with Gasteiger partial charge in [0.05, 0.1) is 0 Å². The van der Waals surface area contributed by atoms with Crippen LogP contribution in [-0.4, -0.2) is 12.4 Å². The van der Waals surface area contributed by atoms with E-state index in [9.17, 15) is 4.79 Å². The highest BCUT2D eigenvalue weighted by Gasteiger charge is 2.08. The summed E-state index contributed by atoms with van der Waals surface area (Å²) in [5, 5.41) is 0.594. The molecule has 0 spiro atoms. The van der Waals surface area contributed by atoms with Crippen LogP contribution in [0.1, 0.15) is 35.7 Å². The summed E-state index contributed by atoms with van der Waals surface area (Å²) in [6, 6.07) is 14.7. The van der Waals surface area contributed by atoms with E-state index in [4.69, 9.17) is 16.3 Å². The Balaban J connectivity index is 1.98. The Morgan fingerprint density at radius 3 is 2.45 bits per heavy atom. The van der Waals surface area contributed by atoms with Gasteiger partial charge in [0.25, 0.3) is 0 Å². The molecule has 0 fully saturated rings. The van der Waals surface area contributed by atoms with Crippen LogP contribution in [0, 0.1) is 0 Å². The molecule has 2 nitrogen and oxygen atoms in total. The first kappa shape index (κ1) is 14.6. The van der Waals surface area contributed by atoms with Gasteiger partial charge in [-0.3, -0.25) is 4.79 Å². The Morgan fingerprint density at radius 1 is 1.15 bits per heavy atom. The van der Waals surface area contributed by atoms with E-state index in [2.05, 4.69) is 13.8 Å². The van der Waals surface area contributed by atoms with Crippen molar-refractivity contribution in [3.63, 3.8) is 0 Å². The number of benzene rings is 2. The van der Waals surface area contributed by atoms with Crippen LogP contribution in [-0.2, 0) is 0 Å². The molecule has 0 saturated heterocycles. The van der Waals surface area contributed by atoms with Crippen molar-refractivity contribution < 1.29 is 9.53 Å². The molecule has 0 saturated carbocycles. The molecule has 0 amide bonds. The first-order valence-electron chi connectivity index (χ1n) is 6.58. The second-order valence-electron chi connectivity index (χ2n) is 4.95. The van der Waals surface area contributed by atoms with Crippen molar-refractivity contribution in [3.05, 3.63) is 64.7 Å². The molecular weight excluding hydrogens is 272 g/mol. The minimum atomic E-state index is -0.0414. The lowest BCUT2D eigenvalue weighted by molar-refractivity contribution is 0.0921. The number of rotatable bonds is 5. The van der Waals surface area contributed by atoms with Crippen LogP contribution >= 0.6 is 11.6 Å². The van der Waals surface area contributed by atoms with Gasteiger partial charge in [-0.1, -0.05) is 55.8 Å². The fourth-order valence-electron chi connectivity index (χ4n) is 1.84. The van der Waals surface area contributed by atoms with E-state index in [1.54, 1.807) is 24.3 Å². The summed E-state index contributed by atoms with van der Waals surface area (Å²) in [5.41, 5.74) is 1.88. The maximum atomic E-state index is 12.0. The summed E-state index contributed by atoms with van der Waals surface area (Å²) in [4.78, 5) is 12.0. The van der Waals surface area contributed by atoms with Crippen LogP contribution in [0.3, 0.4) is 0 Å². The molecule has 0 aliphatic heterocycles.